The van der Waals surface area contributed by atoms with Crippen LogP contribution in [0.15, 0.2) is 48.7 Å². The van der Waals surface area contributed by atoms with Gasteiger partial charge < -0.3 is 14.4 Å². The molecule has 0 radical (unpaired) electrons. The minimum Gasteiger partial charge on any atom is -0.473 e. The van der Waals surface area contributed by atoms with Crippen LogP contribution < -0.4 is 4.74 Å². The highest BCUT2D eigenvalue weighted by Crippen LogP contribution is 2.26. The van der Waals surface area contributed by atoms with E-state index in [2.05, 4.69) is 4.98 Å². The lowest BCUT2D eigenvalue weighted by Gasteiger charge is -2.33. The summed E-state index contributed by atoms with van der Waals surface area (Å²) in [4.78, 5) is 30.7. The van der Waals surface area contributed by atoms with Crippen LogP contribution in [0.5, 0.6) is 5.88 Å². The van der Waals surface area contributed by atoms with E-state index in [1.165, 1.54) is 0 Å². The lowest BCUT2D eigenvalue weighted by molar-refractivity contribution is -0.123. The monoisotopic (exact) mass is 382 g/mol. The zero-order valence-electron chi connectivity index (χ0n) is 16.6. The van der Waals surface area contributed by atoms with E-state index in [1.54, 1.807) is 17.2 Å². The number of carbonyl (C=O) groups is 2. The third-order valence-corrected chi connectivity index (χ3v) is 4.46. The molecule has 0 spiro atoms. The van der Waals surface area contributed by atoms with Gasteiger partial charge in [-0.25, -0.2) is 9.78 Å². The van der Waals surface area contributed by atoms with E-state index in [-0.39, 0.29) is 11.9 Å². The van der Waals surface area contributed by atoms with Gasteiger partial charge in [-0.3, -0.25) is 4.79 Å². The maximum atomic E-state index is 12.4. The molecule has 148 valence electrons. The van der Waals surface area contributed by atoms with Gasteiger partial charge in [0.05, 0.1) is 5.92 Å². The second-order valence-electron chi connectivity index (χ2n) is 7.90. The first-order valence-corrected chi connectivity index (χ1v) is 9.45. The number of benzene rings is 1. The first kappa shape index (κ1) is 19.9. The Bertz CT molecular complexity index is 813. The van der Waals surface area contributed by atoms with Gasteiger partial charge in [-0.2, -0.15) is 0 Å². The number of rotatable bonds is 4. The van der Waals surface area contributed by atoms with E-state index < -0.39 is 11.5 Å². The average molecular weight is 382 g/mol. The summed E-state index contributed by atoms with van der Waals surface area (Å²) >= 11 is 0. The van der Waals surface area contributed by atoms with Crippen molar-refractivity contribution in [2.24, 2.45) is 0 Å². The molecule has 1 aromatic carbocycles. The molecule has 3 rings (SSSR count). The number of likely N-dealkylation sites (tertiary alicyclic amines) is 1. The third-order valence-electron chi connectivity index (χ3n) is 4.46. The van der Waals surface area contributed by atoms with E-state index in [0.29, 0.717) is 32.0 Å². The smallest absolute Gasteiger partial charge is 0.410 e. The molecule has 6 heteroatoms. The van der Waals surface area contributed by atoms with Crippen molar-refractivity contribution in [1.82, 2.24) is 9.88 Å². The first-order chi connectivity index (χ1) is 13.3. The summed E-state index contributed by atoms with van der Waals surface area (Å²) in [6.07, 6.45) is 1.58. The molecule has 0 saturated carbocycles. The van der Waals surface area contributed by atoms with E-state index in [0.717, 1.165) is 11.1 Å². The van der Waals surface area contributed by atoms with Gasteiger partial charge in [0.1, 0.15) is 18.0 Å². The van der Waals surface area contributed by atoms with Crippen molar-refractivity contribution in [3.8, 4) is 5.88 Å². The lowest BCUT2D eigenvalue weighted by Crippen LogP contribution is -2.45. The van der Waals surface area contributed by atoms with Gasteiger partial charge in [0.15, 0.2) is 0 Å². The summed E-state index contributed by atoms with van der Waals surface area (Å²) < 4.78 is 11.1. The molecule has 28 heavy (non-hydrogen) atoms. The zero-order valence-corrected chi connectivity index (χ0v) is 16.6. The predicted molar refractivity (Wildman–Crippen MR) is 105 cm³/mol. The highest BCUT2D eigenvalue weighted by atomic mass is 16.6. The summed E-state index contributed by atoms with van der Waals surface area (Å²) in [5, 5.41) is 0. The van der Waals surface area contributed by atoms with Gasteiger partial charge in [-0.1, -0.05) is 36.4 Å². The molecule has 1 aromatic heterocycles. The van der Waals surface area contributed by atoms with E-state index in [9.17, 15) is 9.59 Å². The molecular weight excluding hydrogens is 356 g/mol. The standard InChI is InChI=1S/C22H26N2O4/c1-22(2,3)28-21(26)24-12-11-19(25)18(14-24)17-9-10-20(23-13-17)27-15-16-7-5-4-6-8-16/h4-10,13,18H,11-12,14-15H2,1-3H3. The highest BCUT2D eigenvalue weighted by molar-refractivity contribution is 5.88. The Hall–Kier alpha value is -2.89. The summed E-state index contributed by atoms with van der Waals surface area (Å²) in [5.41, 5.74) is 1.28. The summed E-state index contributed by atoms with van der Waals surface area (Å²) in [5.74, 6) is 0.219. The molecule has 1 aliphatic rings. The fourth-order valence-corrected chi connectivity index (χ4v) is 3.03. The maximum absolute atomic E-state index is 12.4. The SMILES string of the molecule is CC(C)(C)OC(=O)N1CCC(=O)C(c2ccc(OCc3ccccc3)nc2)C1. The summed E-state index contributed by atoms with van der Waals surface area (Å²) in [7, 11) is 0. The van der Waals surface area contributed by atoms with Gasteiger partial charge in [-0.15, -0.1) is 0 Å². The van der Waals surface area contributed by atoms with Gasteiger partial charge in [0.2, 0.25) is 5.88 Å². The molecular formula is C22H26N2O4. The number of hydrogen-bond donors (Lipinski definition) is 0. The zero-order chi connectivity index (χ0) is 20.1. The quantitative estimate of drug-likeness (QED) is 0.801. The lowest BCUT2D eigenvalue weighted by atomic mass is 9.90. The number of ether oxygens (including phenoxy) is 2. The van der Waals surface area contributed by atoms with Gasteiger partial charge in [0, 0.05) is 31.8 Å². The molecule has 2 aromatic rings. The number of aromatic nitrogens is 1. The second-order valence-corrected chi connectivity index (χ2v) is 7.90. The fraction of sp³-hybridized carbons (Fsp3) is 0.409. The summed E-state index contributed by atoms with van der Waals surface area (Å²) in [6, 6.07) is 13.5. The van der Waals surface area contributed by atoms with Crippen LogP contribution in [0.2, 0.25) is 0 Å². The number of nitrogens with zero attached hydrogens (tertiary/aromatic N) is 2. The number of hydrogen-bond acceptors (Lipinski definition) is 5. The Labute approximate surface area is 165 Å². The van der Waals surface area contributed by atoms with E-state index in [1.807, 2.05) is 57.2 Å². The van der Waals surface area contributed by atoms with Crippen molar-refractivity contribution in [3.05, 3.63) is 59.8 Å². The Morgan fingerprint density at radius 1 is 1.18 bits per heavy atom. The Morgan fingerprint density at radius 2 is 1.93 bits per heavy atom. The molecule has 0 bridgehead atoms. The Kier molecular flexibility index (Phi) is 5.97. The molecule has 1 atom stereocenters. The molecule has 1 fully saturated rings. The summed E-state index contributed by atoms with van der Waals surface area (Å²) in [6.45, 7) is 6.61. The van der Waals surface area contributed by atoms with Crippen molar-refractivity contribution in [1.29, 1.82) is 0 Å². The highest BCUT2D eigenvalue weighted by Gasteiger charge is 2.33. The Balaban J connectivity index is 1.63. The third kappa shape index (κ3) is 5.31. The minimum absolute atomic E-state index is 0.111. The fourth-order valence-electron chi connectivity index (χ4n) is 3.03. The van der Waals surface area contributed by atoms with Crippen molar-refractivity contribution < 1.29 is 19.1 Å². The van der Waals surface area contributed by atoms with Gasteiger partial charge in [0.25, 0.3) is 0 Å². The van der Waals surface area contributed by atoms with Crippen molar-refractivity contribution in [2.75, 3.05) is 13.1 Å². The molecule has 1 unspecified atom stereocenters. The molecule has 0 N–H and O–H groups in total. The minimum atomic E-state index is -0.562. The number of amides is 1. The van der Waals surface area contributed by atoms with Gasteiger partial charge in [-0.05, 0) is 31.9 Å². The normalized spacial score (nSPS) is 17.3. The largest absolute Gasteiger partial charge is 0.473 e. The second kappa shape index (κ2) is 8.42. The van der Waals surface area contributed by atoms with Crippen molar-refractivity contribution in [2.45, 2.75) is 45.3 Å². The molecule has 1 amide bonds. The van der Waals surface area contributed by atoms with Crippen LogP contribution in [0.3, 0.4) is 0 Å². The molecule has 6 nitrogen and oxygen atoms in total. The molecule has 1 aliphatic heterocycles. The van der Waals surface area contributed by atoms with Crippen LogP contribution in [-0.4, -0.2) is 40.5 Å². The molecule has 2 heterocycles. The van der Waals surface area contributed by atoms with E-state index in [4.69, 9.17) is 9.47 Å². The van der Waals surface area contributed by atoms with Crippen molar-refractivity contribution >= 4 is 11.9 Å². The molecule has 0 aliphatic carbocycles. The number of pyridine rings is 1. The van der Waals surface area contributed by atoms with Crippen LogP contribution >= 0.6 is 0 Å². The number of carbonyl (C=O) groups excluding carboxylic acids is 2. The Morgan fingerprint density at radius 3 is 2.57 bits per heavy atom. The van der Waals surface area contributed by atoms with Gasteiger partial charge >= 0.3 is 6.09 Å². The number of Topliss-reactive ketones (excluding diaryl/α,β-unsaturated/α-hetero) is 1. The average Bonchev–Trinajstić information content (AvgIpc) is 2.67. The number of piperidine rings is 1. The molecule has 1 saturated heterocycles. The van der Waals surface area contributed by atoms with Crippen molar-refractivity contribution in [3.63, 3.8) is 0 Å². The first-order valence-electron chi connectivity index (χ1n) is 9.45. The van der Waals surface area contributed by atoms with Crippen LogP contribution in [-0.2, 0) is 16.1 Å². The maximum Gasteiger partial charge on any atom is 0.410 e. The van der Waals surface area contributed by atoms with E-state index >= 15 is 0 Å². The number of ketones is 1. The topological polar surface area (TPSA) is 68.7 Å². The van der Waals surface area contributed by atoms with Crippen LogP contribution in [0.25, 0.3) is 0 Å². The van der Waals surface area contributed by atoms with Crippen LogP contribution in [0.4, 0.5) is 4.79 Å². The van der Waals surface area contributed by atoms with Crippen LogP contribution in [0, 0.1) is 0 Å². The van der Waals surface area contributed by atoms with Crippen LogP contribution in [0.1, 0.15) is 44.2 Å². The predicted octanol–water partition coefficient (Wildman–Crippen LogP) is 3.95.